The third-order valence-corrected chi connectivity index (χ3v) is 4.48. The molecule has 10 nitrogen and oxygen atoms in total. The smallest absolute Gasteiger partial charge is 0.338 e. The van der Waals surface area contributed by atoms with Gasteiger partial charge in [0.25, 0.3) is 0 Å². The molecule has 4 aliphatic heterocycles. The van der Waals surface area contributed by atoms with E-state index in [1.165, 1.54) is 0 Å². The largest absolute Gasteiger partial charge is 0.460 e. The van der Waals surface area contributed by atoms with Crippen molar-refractivity contribution in [3.63, 3.8) is 0 Å². The summed E-state index contributed by atoms with van der Waals surface area (Å²) in [5.74, 6) is -1.69. The van der Waals surface area contributed by atoms with Gasteiger partial charge in [0, 0.05) is 0 Å². The topological polar surface area (TPSA) is 129 Å². The van der Waals surface area contributed by atoms with E-state index >= 15 is 0 Å². The van der Waals surface area contributed by atoms with Gasteiger partial charge in [-0.15, -0.1) is 0 Å². The van der Waals surface area contributed by atoms with E-state index in [1.807, 2.05) is 6.92 Å². The van der Waals surface area contributed by atoms with Crippen molar-refractivity contribution in [2.45, 2.75) is 62.7 Å². The van der Waals surface area contributed by atoms with Crippen molar-refractivity contribution in [2.24, 2.45) is 0 Å². The van der Waals surface area contributed by atoms with Crippen LogP contribution < -0.4 is 0 Å². The van der Waals surface area contributed by atoms with Crippen molar-refractivity contribution in [2.75, 3.05) is 19.8 Å². The maximum absolute atomic E-state index is 12.2. The molecule has 0 bridgehead atoms. The number of esters is 3. The molecule has 4 fully saturated rings. The molecule has 0 aliphatic carbocycles. The zero-order chi connectivity index (χ0) is 18.4. The van der Waals surface area contributed by atoms with Crippen molar-refractivity contribution in [3.05, 3.63) is 0 Å². The summed E-state index contributed by atoms with van der Waals surface area (Å²) in [6, 6.07) is 0. The second-order valence-corrected chi connectivity index (χ2v) is 6.73. The third-order valence-electron chi connectivity index (χ3n) is 4.48. The highest BCUT2D eigenvalue weighted by atomic mass is 16.7. The first kappa shape index (κ1) is 17.7. The molecular weight excluding hydrogens is 352 g/mol. The van der Waals surface area contributed by atoms with Crippen LogP contribution in [0.15, 0.2) is 0 Å². The first-order chi connectivity index (χ1) is 12.4. The molecule has 0 aromatic rings. The molecule has 4 saturated heterocycles. The molecule has 0 radical (unpaired) electrons. The van der Waals surface area contributed by atoms with Crippen LogP contribution >= 0.6 is 0 Å². The summed E-state index contributed by atoms with van der Waals surface area (Å²) in [7, 11) is 0. The molecule has 26 heavy (non-hydrogen) atoms. The SMILES string of the molecule is CC1OC1C(=O)OCC(COC(=O)C1CO1)OC(=O)C1OC1C1OC1C. The maximum Gasteiger partial charge on any atom is 0.338 e. The maximum atomic E-state index is 12.2. The monoisotopic (exact) mass is 372 g/mol. The lowest BCUT2D eigenvalue weighted by molar-refractivity contribution is -0.168. The Labute approximate surface area is 148 Å². The summed E-state index contributed by atoms with van der Waals surface area (Å²) in [5.41, 5.74) is 0. The van der Waals surface area contributed by atoms with Gasteiger partial charge in [-0.05, 0) is 13.8 Å². The molecule has 8 atom stereocenters. The Morgan fingerprint density at radius 2 is 1.50 bits per heavy atom. The summed E-state index contributed by atoms with van der Waals surface area (Å²) in [4.78, 5) is 35.5. The summed E-state index contributed by atoms with van der Waals surface area (Å²) >= 11 is 0. The number of carbonyl (C=O) groups excluding carboxylic acids is 3. The van der Waals surface area contributed by atoms with Crippen molar-refractivity contribution < 1.29 is 47.5 Å². The van der Waals surface area contributed by atoms with E-state index in [9.17, 15) is 14.4 Å². The van der Waals surface area contributed by atoms with Gasteiger partial charge in [0.2, 0.25) is 0 Å². The molecule has 0 amide bonds. The Morgan fingerprint density at radius 1 is 0.885 bits per heavy atom. The predicted octanol–water partition coefficient (Wildman–Crippen LogP) is -1.27. The fourth-order valence-electron chi connectivity index (χ4n) is 2.60. The second-order valence-electron chi connectivity index (χ2n) is 6.73. The fourth-order valence-corrected chi connectivity index (χ4v) is 2.60. The van der Waals surface area contributed by atoms with E-state index in [0.29, 0.717) is 6.61 Å². The number of rotatable bonds is 9. The van der Waals surface area contributed by atoms with Crippen LogP contribution in [0.1, 0.15) is 13.8 Å². The molecular formula is C16H20O10. The Bertz CT molecular complexity index is 602. The third kappa shape index (κ3) is 4.14. The van der Waals surface area contributed by atoms with Crippen LogP contribution in [0.3, 0.4) is 0 Å². The van der Waals surface area contributed by atoms with Gasteiger partial charge < -0.3 is 33.2 Å². The van der Waals surface area contributed by atoms with E-state index < -0.39 is 42.3 Å². The highest BCUT2D eigenvalue weighted by Crippen LogP contribution is 2.39. The summed E-state index contributed by atoms with van der Waals surface area (Å²) < 4.78 is 35.8. The average Bonchev–Trinajstić information content (AvgIpc) is 3.39. The van der Waals surface area contributed by atoms with Crippen molar-refractivity contribution >= 4 is 17.9 Å². The Hall–Kier alpha value is -1.75. The second kappa shape index (κ2) is 6.76. The lowest BCUT2D eigenvalue weighted by Crippen LogP contribution is -2.34. The zero-order valence-electron chi connectivity index (χ0n) is 14.3. The van der Waals surface area contributed by atoms with Crippen LogP contribution in [-0.2, 0) is 47.5 Å². The molecule has 10 heteroatoms. The minimum Gasteiger partial charge on any atom is -0.460 e. The lowest BCUT2D eigenvalue weighted by Gasteiger charge is -2.17. The van der Waals surface area contributed by atoms with Crippen molar-refractivity contribution in [3.8, 4) is 0 Å². The predicted molar refractivity (Wildman–Crippen MR) is 78.9 cm³/mol. The summed E-state index contributed by atoms with van der Waals surface area (Å²) in [6.45, 7) is 3.45. The number of ether oxygens (including phenoxy) is 7. The summed E-state index contributed by atoms with van der Waals surface area (Å²) in [5, 5.41) is 0. The highest BCUT2D eigenvalue weighted by Gasteiger charge is 2.59. The van der Waals surface area contributed by atoms with Gasteiger partial charge in [-0.2, -0.15) is 0 Å². The van der Waals surface area contributed by atoms with Gasteiger partial charge in [-0.25, -0.2) is 14.4 Å². The first-order valence-corrected chi connectivity index (χ1v) is 8.56. The van der Waals surface area contributed by atoms with Crippen LogP contribution in [0.5, 0.6) is 0 Å². The van der Waals surface area contributed by atoms with Crippen LogP contribution in [0.2, 0.25) is 0 Å². The van der Waals surface area contributed by atoms with Gasteiger partial charge in [0.15, 0.2) is 24.4 Å². The number of hydrogen-bond acceptors (Lipinski definition) is 10. The summed E-state index contributed by atoms with van der Waals surface area (Å²) in [6.07, 6.45) is -3.35. The van der Waals surface area contributed by atoms with E-state index in [4.69, 9.17) is 33.2 Å². The number of epoxide rings is 4. The van der Waals surface area contributed by atoms with E-state index in [1.54, 1.807) is 6.92 Å². The minimum absolute atomic E-state index is 0.0644. The zero-order valence-corrected chi connectivity index (χ0v) is 14.3. The van der Waals surface area contributed by atoms with Crippen LogP contribution in [0, 0.1) is 0 Å². The molecule has 0 N–H and O–H groups in total. The van der Waals surface area contributed by atoms with Gasteiger partial charge >= 0.3 is 17.9 Å². The molecule has 0 aromatic heterocycles. The fraction of sp³-hybridized carbons (Fsp3) is 0.812. The normalized spacial score (nSPS) is 40.2. The lowest BCUT2D eigenvalue weighted by atomic mass is 10.2. The molecule has 0 saturated carbocycles. The molecule has 0 spiro atoms. The number of carbonyl (C=O) groups is 3. The molecule has 4 aliphatic rings. The number of hydrogen-bond donors (Lipinski definition) is 0. The Morgan fingerprint density at radius 3 is 2.04 bits per heavy atom. The molecule has 4 heterocycles. The highest BCUT2D eigenvalue weighted by molar-refractivity contribution is 5.79. The Kier molecular flexibility index (Phi) is 4.59. The van der Waals surface area contributed by atoms with Gasteiger partial charge in [0.1, 0.15) is 25.4 Å². The molecule has 4 rings (SSSR count). The van der Waals surface area contributed by atoms with Gasteiger partial charge in [-0.3, -0.25) is 0 Å². The van der Waals surface area contributed by atoms with Gasteiger partial charge in [-0.1, -0.05) is 0 Å². The van der Waals surface area contributed by atoms with Crippen molar-refractivity contribution in [1.29, 1.82) is 0 Å². The van der Waals surface area contributed by atoms with Crippen LogP contribution in [-0.4, -0.2) is 86.6 Å². The Balaban J connectivity index is 1.25. The van der Waals surface area contributed by atoms with Crippen LogP contribution in [0.4, 0.5) is 0 Å². The van der Waals surface area contributed by atoms with E-state index in [-0.39, 0.29) is 37.6 Å². The van der Waals surface area contributed by atoms with Gasteiger partial charge in [0.05, 0.1) is 18.8 Å². The molecule has 144 valence electrons. The molecule has 8 unspecified atom stereocenters. The molecule has 0 aromatic carbocycles. The quantitative estimate of drug-likeness (QED) is 0.274. The van der Waals surface area contributed by atoms with E-state index in [2.05, 4.69) is 0 Å². The van der Waals surface area contributed by atoms with Crippen LogP contribution in [0.25, 0.3) is 0 Å². The van der Waals surface area contributed by atoms with E-state index in [0.717, 1.165) is 0 Å². The first-order valence-electron chi connectivity index (χ1n) is 8.56. The van der Waals surface area contributed by atoms with Crippen molar-refractivity contribution in [1.82, 2.24) is 0 Å². The minimum atomic E-state index is -0.939. The average molecular weight is 372 g/mol. The standard InChI is InChI=1S/C16H20O10/c1-6-10(23-6)12-13(26-12)16(19)25-8(3-21-14(17)9-5-20-9)4-22-15(18)11-7(2)24-11/h6-13H,3-5H2,1-2H3.